The molecule has 0 saturated carbocycles. The standard InChI is InChI=1S/C30H26F3N3O5S.C9H11N/c31-30(32,33)29(39)41-35-27(37)14-15-28(38)36(19-20-10-12-22(13-11-20)26-9-4-16-42-26)24-7-1-2-8-25(24)40-23-6-3-5-21(17-23)18-34;1-2-4-9-7-10-6-5-8(9)3-1/h1-13,16-17H,14-15,18-19,34H2,(H,35,37);1-4,10H,5-7H2. The van der Waals surface area contributed by atoms with Crippen LogP contribution in [-0.4, -0.2) is 30.5 Å². The van der Waals surface area contributed by atoms with Crippen LogP contribution in [0.2, 0.25) is 0 Å². The zero-order chi connectivity index (χ0) is 36.9. The lowest BCUT2D eigenvalue weighted by molar-refractivity contribution is -0.207. The first-order chi connectivity index (χ1) is 25.1. The van der Waals surface area contributed by atoms with Gasteiger partial charge in [0.15, 0.2) is 5.75 Å². The molecule has 1 aromatic heterocycles. The van der Waals surface area contributed by atoms with Crippen LogP contribution in [0.3, 0.4) is 0 Å². The average molecular weight is 731 g/mol. The van der Waals surface area contributed by atoms with Gasteiger partial charge in [-0.05, 0) is 76.5 Å². The Morgan fingerprint density at radius 2 is 1.60 bits per heavy atom. The summed E-state index contributed by atoms with van der Waals surface area (Å²) in [5.41, 5.74) is 13.2. The van der Waals surface area contributed by atoms with Gasteiger partial charge in [-0.2, -0.15) is 18.7 Å². The summed E-state index contributed by atoms with van der Waals surface area (Å²) in [7, 11) is 0. The Hall–Kier alpha value is -5.50. The third-order valence-corrected chi connectivity index (χ3v) is 8.90. The number of hydrogen-bond acceptors (Lipinski definition) is 8. The number of hydrogen-bond donors (Lipinski definition) is 3. The first-order valence-electron chi connectivity index (χ1n) is 16.4. The molecule has 2 amide bonds. The molecule has 5 aromatic rings. The largest absolute Gasteiger partial charge is 0.493 e. The molecule has 13 heteroatoms. The van der Waals surface area contributed by atoms with Crippen molar-refractivity contribution in [2.75, 3.05) is 11.4 Å². The van der Waals surface area contributed by atoms with Crippen LogP contribution < -0.4 is 26.2 Å². The van der Waals surface area contributed by atoms with Crippen molar-refractivity contribution in [3.05, 3.63) is 137 Å². The maximum absolute atomic E-state index is 13.5. The van der Waals surface area contributed by atoms with E-state index in [1.807, 2.05) is 47.8 Å². The van der Waals surface area contributed by atoms with Gasteiger partial charge in [0.05, 0.1) is 12.2 Å². The molecule has 1 aliphatic rings. The number of fused-ring (bicyclic) bond motifs is 1. The molecule has 52 heavy (non-hydrogen) atoms. The van der Waals surface area contributed by atoms with Crippen LogP contribution >= 0.6 is 11.3 Å². The topological polar surface area (TPSA) is 123 Å². The number of para-hydroxylation sites is 2. The number of nitrogens with zero attached hydrogens (tertiary/aromatic N) is 1. The van der Waals surface area contributed by atoms with Crippen molar-refractivity contribution in [2.45, 2.75) is 45.1 Å². The number of thiophene rings is 1. The summed E-state index contributed by atoms with van der Waals surface area (Å²) in [6, 6.07) is 34.2. The van der Waals surface area contributed by atoms with Crippen molar-refractivity contribution in [1.29, 1.82) is 0 Å². The van der Waals surface area contributed by atoms with Gasteiger partial charge in [0.25, 0.3) is 5.91 Å². The van der Waals surface area contributed by atoms with E-state index < -0.39 is 30.4 Å². The highest BCUT2D eigenvalue weighted by atomic mass is 32.1. The molecule has 0 bridgehead atoms. The molecule has 0 aliphatic carbocycles. The molecule has 6 rings (SSSR count). The highest BCUT2D eigenvalue weighted by Crippen LogP contribution is 2.34. The maximum Gasteiger partial charge on any atom is 0.493 e. The van der Waals surface area contributed by atoms with Crippen LogP contribution in [0.4, 0.5) is 18.9 Å². The fourth-order valence-corrected chi connectivity index (χ4v) is 6.06. The first kappa shape index (κ1) is 37.7. The number of halogens is 3. The van der Waals surface area contributed by atoms with E-state index in [0.29, 0.717) is 23.7 Å². The fraction of sp³-hybridized carbons (Fsp3) is 0.205. The van der Waals surface area contributed by atoms with Gasteiger partial charge in [-0.3, -0.25) is 9.59 Å². The van der Waals surface area contributed by atoms with Crippen molar-refractivity contribution < 1.29 is 37.1 Å². The third kappa shape index (κ3) is 10.8. The molecule has 0 spiro atoms. The number of rotatable bonds is 10. The summed E-state index contributed by atoms with van der Waals surface area (Å²) in [4.78, 5) is 42.7. The summed E-state index contributed by atoms with van der Waals surface area (Å²) in [6.07, 6.45) is -5.00. The van der Waals surface area contributed by atoms with E-state index in [4.69, 9.17) is 10.5 Å². The number of benzene rings is 4. The summed E-state index contributed by atoms with van der Waals surface area (Å²) in [6.45, 7) is 2.61. The van der Waals surface area contributed by atoms with Crippen molar-refractivity contribution >= 4 is 34.8 Å². The Morgan fingerprint density at radius 3 is 2.31 bits per heavy atom. The summed E-state index contributed by atoms with van der Waals surface area (Å²) >= 11 is 1.60. The van der Waals surface area contributed by atoms with Gasteiger partial charge in [-0.25, -0.2) is 4.79 Å². The van der Waals surface area contributed by atoms with Gasteiger partial charge < -0.3 is 25.5 Å². The monoisotopic (exact) mass is 730 g/mol. The lowest BCUT2D eigenvalue weighted by Gasteiger charge is -2.25. The molecule has 0 saturated heterocycles. The molecular weight excluding hydrogens is 694 g/mol. The Morgan fingerprint density at radius 1 is 0.846 bits per heavy atom. The van der Waals surface area contributed by atoms with Crippen LogP contribution in [0, 0.1) is 0 Å². The predicted octanol–water partition coefficient (Wildman–Crippen LogP) is 7.45. The number of ether oxygens (including phenoxy) is 1. The molecule has 4 aromatic carbocycles. The van der Waals surface area contributed by atoms with Crippen LogP contribution in [0.15, 0.2) is 115 Å². The van der Waals surface area contributed by atoms with E-state index in [-0.39, 0.29) is 13.0 Å². The normalized spacial score (nSPS) is 12.1. The molecule has 1 aliphatic heterocycles. The number of carbonyl (C=O) groups excluding carboxylic acids is 3. The van der Waals surface area contributed by atoms with Crippen LogP contribution in [0.1, 0.15) is 35.1 Å². The minimum Gasteiger partial charge on any atom is -0.455 e. The number of nitrogens with two attached hydrogens (primary N) is 1. The quantitative estimate of drug-likeness (QED) is 0.128. The van der Waals surface area contributed by atoms with E-state index in [1.165, 1.54) is 27.9 Å². The highest BCUT2D eigenvalue weighted by Gasteiger charge is 2.42. The highest BCUT2D eigenvalue weighted by molar-refractivity contribution is 7.13. The van der Waals surface area contributed by atoms with Gasteiger partial charge >= 0.3 is 12.1 Å². The molecule has 0 atom stereocenters. The Bertz CT molecular complexity index is 1930. The number of alkyl halides is 3. The molecule has 4 N–H and O–H groups in total. The van der Waals surface area contributed by atoms with E-state index in [1.54, 1.807) is 53.8 Å². The first-order valence-corrected chi connectivity index (χ1v) is 17.3. The minimum atomic E-state index is -5.27. The Balaban J connectivity index is 0.000000444. The third-order valence-electron chi connectivity index (χ3n) is 7.98. The molecule has 0 fully saturated rings. The van der Waals surface area contributed by atoms with Crippen LogP contribution in [0.5, 0.6) is 11.5 Å². The summed E-state index contributed by atoms with van der Waals surface area (Å²) in [5, 5.41) is 5.32. The second kappa shape index (κ2) is 18.1. The molecule has 0 radical (unpaired) electrons. The summed E-state index contributed by atoms with van der Waals surface area (Å²) < 4.78 is 43.2. The van der Waals surface area contributed by atoms with Gasteiger partial charge in [-0.1, -0.05) is 78.9 Å². The fourth-order valence-electron chi connectivity index (χ4n) is 5.32. The second-order valence-electron chi connectivity index (χ2n) is 11.7. The van der Waals surface area contributed by atoms with Crippen molar-refractivity contribution in [2.24, 2.45) is 5.73 Å². The van der Waals surface area contributed by atoms with Gasteiger partial charge in [0, 0.05) is 30.8 Å². The lowest BCUT2D eigenvalue weighted by atomic mass is 10.0. The predicted molar refractivity (Wildman–Crippen MR) is 193 cm³/mol. The van der Waals surface area contributed by atoms with Crippen LogP contribution in [0.25, 0.3) is 10.4 Å². The number of amides is 2. The molecule has 0 unspecified atom stereocenters. The van der Waals surface area contributed by atoms with Crippen molar-refractivity contribution in [1.82, 2.24) is 10.8 Å². The van der Waals surface area contributed by atoms with Crippen LogP contribution in [-0.2, 0) is 45.3 Å². The van der Waals surface area contributed by atoms with Gasteiger partial charge in [-0.15, -0.1) is 11.3 Å². The minimum absolute atomic E-state index is 0.109. The smallest absolute Gasteiger partial charge is 0.455 e. The van der Waals surface area contributed by atoms with Crippen molar-refractivity contribution in [3.8, 4) is 21.9 Å². The lowest BCUT2D eigenvalue weighted by Crippen LogP contribution is -2.36. The molecule has 270 valence electrons. The SMILES string of the molecule is NCc1cccc(Oc2ccccc2N(Cc2ccc(-c3cccs3)cc2)C(=O)CCC(=O)NOC(=O)C(F)(F)F)c1.c1ccc2c(c1)CCNC2. The summed E-state index contributed by atoms with van der Waals surface area (Å²) in [5.74, 6) is -3.28. The Kier molecular flexibility index (Phi) is 13.2. The number of hydroxylamine groups is 1. The van der Waals surface area contributed by atoms with E-state index in [9.17, 15) is 27.6 Å². The molecule has 9 nitrogen and oxygen atoms in total. The van der Waals surface area contributed by atoms with Gasteiger partial charge in [0.1, 0.15) is 5.75 Å². The van der Waals surface area contributed by atoms with E-state index in [2.05, 4.69) is 34.4 Å². The molecule has 2 heterocycles. The second-order valence-corrected chi connectivity index (χ2v) is 12.6. The average Bonchev–Trinajstić information content (AvgIpc) is 3.71. The zero-order valence-electron chi connectivity index (χ0n) is 28.0. The van der Waals surface area contributed by atoms with Gasteiger partial charge in [0.2, 0.25) is 5.91 Å². The maximum atomic E-state index is 13.5. The van der Waals surface area contributed by atoms with Crippen molar-refractivity contribution in [3.63, 3.8) is 0 Å². The zero-order valence-corrected chi connectivity index (χ0v) is 28.8. The van der Waals surface area contributed by atoms with E-state index in [0.717, 1.165) is 34.7 Å². The Labute approximate surface area is 303 Å². The number of carbonyl (C=O) groups is 3. The molecular formula is C39H37F3N4O5S. The number of nitrogens with one attached hydrogen (secondary N) is 2. The number of anilines is 1. The van der Waals surface area contributed by atoms with E-state index >= 15 is 0 Å².